The Bertz CT molecular complexity index is 626. The number of hydrogen-bond donors (Lipinski definition) is 0. The SMILES string of the molecule is CCOC(=O)N1CCN([C@H]2CC(=O)N(c3ccccc3)C2=O)CC1. The molecule has 7 heteroatoms. The van der Waals surface area contributed by atoms with Crippen molar-refractivity contribution in [3.05, 3.63) is 30.3 Å². The van der Waals surface area contributed by atoms with Gasteiger partial charge in [-0.15, -0.1) is 0 Å². The third-order valence-electron chi connectivity index (χ3n) is 4.42. The molecule has 0 saturated carbocycles. The lowest BCUT2D eigenvalue weighted by atomic mass is 10.2. The average Bonchev–Trinajstić information content (AvgIpc) is 2.90. The van der Waals surface area contributed by atoms with Crippen molar-refractivity contribution in [1.82, 2.24) is 9.80 Å². The van der Waals surface area contributed by atoms with E-state index in [1.807, 2.05) is 11.0 Å². The molecule has 2 saturated heterocycles. The molecule has 1 aromatic rings. The molecule has 3 rings (SSSR count). The first-order valence-corrected chi connectivity index (χ1v) is 8.19. The zero-order valence-electron chi connectivity index (χ0n) is 13.7. The van der Waals surface area contributed by atoms with E-state index in [9.17, 15) is 14.4 Å². The Kier molecular flexibility index (Phi) is 4.80. The number of benzene rings is 1. The van der Waals surface area contributed by atoms with E-state index >= 15 is 0 Å². The van der Waals surface area contributed by atoms with E-state index in [1.54, 1.807) is 36.1 Å². The first-order chi connectivity index (χ1) is 11.6. The van der Waals surface area contributed by atoms with Crippen LogP contribution in [0.2, 0.25) is 0 Å². The number of para-hydroxylation sites is 1. The quantitative estimate of drug-likeness (QED) is 0.776. The zero-order chi connectivity index (χ0) is 17.1. The number of hydrogen-bond acceptors (Lipinski definition) is 5. The molecule has 0 aromatic heterocycles. The number of piperazine rings is 1. The Hall–Kier alpha value is -2.41. The van der Waals surface area contributed by atoms with Gasteiger partial charge in [0.15, 0.2) is 0 Å². The molecule has 2 heterocycles. The second-order valence-electron chi connectivity index (χ2n) is 5.84. The van der Waals surface area contributed by atoms with Gasteiger partial charge < -0.3 is 9.64 Å². The van der Waals surface area contributed by atoms with E-state index < -0.39 is 6.04 Å². The van der Waals surface area contributed by atoms with Crippen LogP contribution < -0.4 is 4.90 Å². The minimum atomic E-state index is -0.443. The van der Waals surface area contributed by atoms with Gasteiger partial charge in [-0.3, -0.25) is 14.5 Å². The van der Waals surface area contributed by atoms with Crippen molar-refractivity contribution < 1.29 is 19.1 Å². The van der Waals surface area contributed by atoms with Crippen LogP contribution in [-0.4, -0.2) is 66.5 Å². The molecule has 2 aliphatic heterocycles. The number of amides is 3. The minimum absolute atomic E-state index is 0.177. The van der Waals surface area contributed by atoms with Crippen LogP contribution in [0, 0.1) is 0 Å². The van der Waals surface area contributed by atoms with Gasteiger partial charge in [0, 0.05) is 26.2 Å². The Morgan fingerprint density at radius 2 is 1.79 bits per heavy atom. The highest BCUT2D eigenvalue weighted by molar-refractivity contribution is 6.22. The molecule has 2 fully saturated rings. The van der Waals surface area contributed by atoms with Gasteiger partial charge in [-0.2, -0.15) is 0 Å². The summed E-state index contributed by atoms with van der Waals surface area (Å²) in [5, 5.41) is 0. The third kappa shape index (κ3) is 3.12. The summed E-state index contributed by atoms with van der Waals surface area (Å²) in [5.74, 6) is -0.361. The molecule has 7 nitrogen and oxygen atoms in total. The fourth-order valence-corrected chi connectivity index (χ4v) is 3.18. The van der Waals surface area contributed by atoms with Crippen molar-refractivity contribution >= 4 is 23.6 Å². The molecule has 0 N–H and O–H groups in total. The summed E-state index contributed by atoms with van der Waals surface area (Å²) >= 11 is 0. The number of nitrogens with zero attached hydrogens (tertiary/aromatic N) is 3. The minimum Gasteiger partial charge on any atom is -0.450 e. The van der Waals surface area contributed by atoms with Crippen LogP contribution in [0.5, 0.6) is 0 Å². The predicted octanol–water partition coefficient (Wildman–Crippen LogP) is 1.09. The van der Waals surface area contributed by atoms with Gasteiger partial charge in [-0.05, 0) is 19.1 Å². The molecule has 0 aliphatic carbocycles. The standard InChI is InChI=1S/C17H21N3O4/c1-2-24-17(23)19-10-8-18(9-11-19)14-12-15(21)20(16(14)22)13-6-4-3-5-7-13/h3-7,14H,2,8-12H2,1H3/t14-/m0/s1. The molecular formula is C17H21N3O4. The lowest BCUT2D eigenvalue weighted by Gasteiger charge is -2.36. The maximum absolute atomic E-state index is 12.7. The van der Waals surface area contributed by atoms with Crippen molar-refractivity contribution in [2.24, 2.45) is 0 Å². The second-order valence-corrected chi connectivity index (χ2v) is 5.84. The van der Waals surface area contributed by atoms with E-state index in [0.29, 0.717) is 38.5 Å². The summed E-state index contributed by atoms with van der Waals surface area (Å²) < 4.78 is 4.99. The van der Waals surface area contributed by atoms with E-state index in [4.69, 9.17) is 4.74 Å². The topological polar surface area (TPSA) is 70.2 Å². The Morgan fingerprint density at radius 3 is 2.42 bits per heavy atom. The number of imide groups is 1. The highest BCUT2D eigenvalue weighted by Crippen LogP contribution is 2.26. The maximum Gasteiger partial charge on any atom is 0.409 e. The zero-order valence-corrected chi connectivity index (χ0v) is 13.7. The number of ether oxygens (including phenoxy) is 1. The van der Waals surface area contributed by atoms with Gasteiger partial charge in [0.05, 0.1) is 24.8 Å². The molecule has 0 spiro atoms. The molecule has 24 heavy (non-hydrogen) atoms. The number of carbonyl (C=O) groups is 3. The highest BCUT2D eigenvalue weighted by Gasteiger charge is 2.43. The smallest absolute Gasteiger partial charge is 0.409 e. The van der Waals surface area contributed by atoms with E-state index in [2.05, 4.69) is 0 Å². The Morgan fingerprint density at radius 1 is 1.12 bits per heavy atom. The summed E-state index contributed by atoms with van der Waals surface area (Å²) in [6, 6.07) is 8.54. The monoisotopic (exact) mass is 331 g/mol. The first kappa shape index (κ1) is 16.4. The van der Waals surface area contributed by atoms with E-state index in [-0.39, 0.29) is 24.3 Å². The van der Waals surface area contributed by atoms with Crippen molar-refractivity contribution in [3.63, 3.8) is 0 Å². The van der Waals surface area contributed by atoms with Gasteiger partial charge in [0.2, 0.25) is 5.91 Å². The van der Waals surface area contributed by atoms with Gasteiger partial charge in [-0.25, -0.2) is 9.69 Å². The Labute approximate surface area is 140 Å². The molecule has 1 atom stereocenters. The third-order valence-corrected chi connectivity index (χ3v) is 4.42. The lowest BCUT2D eigenvalue weighted by Crippen LogP contribution is -2.53. The maximum atomic E-state index is 12.7. The second kappa shape index (κ2) is 7.00. The predicted molar refractivity (Wildman–Crippen MR) is 87.5 cm³/mol. The van der Waals surface area contributed by atoms with Crippen molar-refractivity contribution in [2.45, 2.75) is 19.4 Å². The van der Waals surface area contributed by atoms with Crippen LogP contribution in [0.15, 0.2) is 30.3 Å². The summed E-state index contributed by atoms with van der Waals surface area (Å²) in [7, 11) is 0. The number of rotatable bonds is 3. The summed E-state index contributed by atoms with van der Waals surface area (Å²) in [6.45, 7) is 4.25. The van der Waals surface area contributed by atoms with Gasteiger partial charge in [-0.1, -0.05) is 18.2 Å². The van der Waals surface area contributed by atoms with Crippen LogP contribution in [0.4, 0.5) is 10.5 Å². The van der Waals surface area contributed by atoms with Gasteiger partial charge in [0.25, 0.3) is 5.91 Å². The van der Waals surface area contributed by atoms with Crippen LogP contribution in [0.1, 0.15) is 13.3 Å². The molecular weight excluding hydrogens is 310 g/mol. The van der Waals surface area contributed by atoms with Crippen molar-refractivity contribution in [1.29, 1.82) is 0 Å². The molecule has 0 unspecified atom stereocenters. The van der Waals surface area contributed by atoms with Gasteiger partial charge in [0.1, 0.15) is 0 Å². The number of carbonyl (C=O) groups excluding carboxylic acids is 3. The van der Waals surface area contributed by atoms with Crippen LogP contribution >= 0.6 is 0 Å². The average molecular weight is 331 g/mol. The lowest BCUT2D eigenvalue weighted by molar-refractivity contribution is -0.123. The molecule has 128 valence electrons. The Balaban J connectivity index is 1.64. The van der Waals surface area contributed by atoms with Crippen molar-refractivity contribution in [2.75, 3.05) is 37.7 Å². The van der Waals surface area contributed by atoms with Crippen molar-refractivity contribution in [3.8, 4) is 0 Å². The largest absolute Gasteiger partial charge is 0.450 e. The molecule has 2 aliphatic rings. The summed E-state index contributed by atoms with van der Waals surface area (Å²) in [5.41, 5.74) is 0.611. The van der Waals surface area contributed by atoms with Crippen LogP contribution in [0.3, 0.4) is 0 Å². The van der Waals surface area contributed by atoms with E-state index in [0.717, 1.165) is 0 Å². The fraction of sp³-hybridized carbons (Fsp3) is 0.471. The number of anilines is 1. The van der Waals surface area contributed by atoms with E-state index in [1.165, 1.54) is 4.90 Å². The van der Waals surface area contributed by atoms with Crippen LogP contribution in [0.25, 0.3) is 0 Å². The first-order valence-electron chi connectivity index (χ1n) is 8.19. The molecule has 3 amide bonds. The molecule has 0 radical (unpaired) electrons. The fourth-order valence-electron chi connectivity index (χ4n) is 3.18. The van der Waals surface area contributed by atoms with Crippen LogP contribution in [-0.2, 0) is 14.3 Å². The summed E-state index contributed by atoms with van der Waals surface area (Å²) in [4.78, 5) is 41.6. The normalized spacial score (nSPS) is 22.1. The molecule has 1 aromatic carbocycles. The highest BCUT2D eigenvalue weighted by atomic mass is 16.6. The van der Waals surface area contributed by atoms with Gasteiger partial charge >= 0.3 is 6.09 Å². The summed E-state index contributed by atoms with van der Waals surface area (Å²) in [6.07, 6.45) is -0.135. The molecule has 0 bridgehead atoms.